The second kappa shape index (κ2) is 10.2. The van der Waals surface area contributed by atoms with E-state index < -0.39 is 10.0 Å². The van der Waals surface area contributed by atoms with E-state index >= 15 is 0 Å². The molecule has 0 spiro atoms. The fraction of sp³-hybridized carbons (Fsp3) is 0.417. The Hall–Kier alpha value is -3.53. The SMILES string of the molecule is Cn1cc(-c2ccc(S(=O)(=O)N3CCC(Nc4ncc(C#N)c(N[C@@H]5CCOC5)n4)CC3)cc2)cn1. The van der Waals surface area contributed by atoms with Crippen molar-refractivity contribution in [3.8, 4) is 17.2 Å². The highest BCUT2D eigenvalue weighted by atomic mass is 32.2. The summed E-state index contributed by atoms with van der Waals surface area (Å²) in [5, 5.41) is 20.1. The number of rotatable bonds is 7. The Kier molecular flexibility index (Phi) is 6.86. The van der Waals surface area contributed by atoms with Crippen molar-refractivity contribution in [3.63, 3.8) is 0 Å². The summed E-state index contributed by atoms with van der Waals surface area (Å²) >= 11 is 0. The van der Waals surface area contributed by atoms with Crippen LogP contribution in [-0.4, -0.2) is 70.9 Å². The summed E-state index contributed by atoms with van der Waals surface area (Å²) in [5.41, 5.74) is 2.23. The topological polar surface area (TPSA) is 138 Å². The third-order valence-electron chi connectivity index (χ3n) is 6.50. The van der Waals surface area contributed by atoms with Crippen molar-refractivity contribution in [1.29, 1.82) is 5.26 Å². The lowest BCUT2D eigenvalue weighted by atomic mass is 10.1. The highest BCUT2D eigenvalue weighted by Gasteiger charge is 2.30. The van der Waals surface area contributed by atoms with E-state index in [1.807, 2.05) is 25.4 Å². The summed E-state index contributed by atoms with van der Waals surface area (Å²) in [6.45, 7) is 2.05. The van der Waals surface area contributed by atoms with Crippen LogP contribution < -0.4 is 10.6 Å². The van der Waals surface area contributed by atoms with Gasteiger partial charge in [-0.05, 0) is 37.0 Å². The fourth-order valence-corrected chi connectivity index (χ4v) is 5.92. The van der Waals surface area contributed by atoms with E-state index in [0.29, 0.717) is 56.5 Å². The molecule has 36 heavy (non-hydrogen) atoms. The first-order chi connectivity index (χ1) is 17.4. The molecule has 2 aliphatic rings. The number of hydrogen-bond acceptors (Lipinski definition) is 9. The van der Waals surface area contributed by atoms with Gasteiger partial charge in [0, 0.05) is 44.5 Å². The average molecular weight is 509 g/mol. The zero-order valence-electron chi connectivity index (χ0n) is 20.0. The van der Waals surface area contributed by atoms with Gasteiger partial charge in [0.25, 0.3) is 0 Å². The number of aromatic nitrogens is 4. The number of nitrogens with one attached hydrogen (secondary N) is 2. The van der Waals surface area contributed by atoms with Gasteiger partial charge in [-0.3, -0.25) is 4.68 Å². The van der Waals surface area contributed by atoms with E-state index in [1.54, 1.807) is 23.0 Å². The number of piperidine rings is 1. The molecule has 2 aliphatic heterocycles. The number of hydrogen-bond donors (Lipinski definition) is 2. The van der Waals surface area contributed by atoms with Gasteiger partial charge in [-0.25, -0.2) is 13.4 Å². The lowest BCUT2D eigenvalue weighted by Gasteiger charge is -2.31. The first-order valence-electron chi connectivity index (χ1n) is 11.9. The first kappa shape index (κ1) is 24.2. The zero-order valence-corrected chi connectivity index (χ0v) is 20.8. The van der Waals surface area contributed by atoms with E-state index in [9.17, 15) is 13.7 Å². The van der Waals surface area contributed by atoms with Crippen LogP contribution in [0, 0.1) is 11.3 Å². The molecular formula is C24H28N8O3S. The predicted molar refractivity (Wildman–Crippen MR) is 134 cm³/mol. The number of anilines is 2. The molecule has 2 N–H and O–H groups in total. The van der Waals surface area contributed by atoms with Crippen LogP contribution in [0.1, 0.15) is 24.8 Å². The number of nitriles is 1. The van der Waals surface area contributed by atoms with Gasteiger partial charge in [0.05, 0.1) is 29.9 Å². The largest absolute Gasteiger partial charge is 0.379 e. The summed E-state index contributed by atoms with van der Waals surface area (Å²) in [5.74, 6) is 0.906. The number of benzene rings is 1. The summed E-state index contributed by atoms with van der Waals surface area (Å²) in [6, 6.07) is 9.18. The van der Waals surface area contributed by atoms with Crippen LogP contribution in [0.4, 0.5) is 11.8 Å². The molecule has 1 atom stereocenters. The van der Waals surface area contributed by atoms with Crippen molar-refractivity contribution in [1.82, 2.24) is 24.1 Å². The van der Waals surface area contributed by atoms with Crippen LogP contribution in [0.25, 0.3) is 11.1 Å². The molecule has 1 aromatic carbocycles. The van der Waals surface area contributed by atoms with Gasteiger partial charge in [0.15, 0.2) is 0 Å². The van der Waals surface area contributed by atoms with E-state index in [-0.39, 0.29) is 17.0 Å². The molecule has 0 radical (unpaired) electrons. The minimum absolute atomic E-state index is 0.0278. The Bertz CT molecular complexity index is 1350. The van der Waals surface area contributed by atoms with Crippen LogP contribution in [0.15, 0.2) is 47.8 Å². The Morgan fingerprint density at radius 1 is 1.06 bits per heavy atom. The monoisotopic (exact) mass is 508 g/mol. The maximum Gasteiger partial charge on any atom is 0.243 e. The Balaban J connectivity index is 1.20. The van der Waals surface area contributed by atoms with Gasteiger partial charge in [-0.1, -0.05) is 12.1 Å². The summed E-state index contributed by atoms with van der Waals surface area (Å²) in [6.07, 6.45) is 7.24. The van der Waals surface area contributed by atoms with Crippen molar-refractivity contribution in [2.45, 2.75) is 36.2 Å². The molecule has 12 heteroatoms. The first-order valence-corrected chi connectivity index (χ1v) is 13.3. The highest BCUT2D eigenvalue weighted by Crippen LogP contribution is 2.26. The van der Waals surface area contributed by atoms with E-state index in [0.717, 1.165) is 17.5 Å². The van der Waals surface area contributed by atoms with E-state index in [2.05, 4.69) is 31.8 Å². The summed E-state index contributed by atoms with van der Waals surface area (Å²) < 4.78 is 35.0. The van der Waals surface area contributed by atoms with Crippen LogP contribution in [0.3, 0.4) is 0 Å². The third-order valence-corrected chi connectivity index (χ3v) is 8.41. The Labute approximate surface area is 210 Å². The van der Waals surface area contributed by atoms with E-state index in [4.69, 9.17) is 4.74 Å². The molecule has 5 rings (SSSR count). The van der Waals surface area contributed by atoms with Gasteiger partial charge < -0.3 is 15.4 Å². The number of aryl methyl sites for hydroxylation is 1. The molecule has 2 saturated heterocycles. The average Bonchev–Trinajstić information content (AvgIpc) is 3.56. The van der Waals surface area contributed by atoms with Gasteiger partial charge in [0.2, 0.25) is 16.0 Å². The molecule has 0 aliphatic carbocycles. The van der Waals surface area contributed by atoms with Crippen molar-refractivity contribution in [2.75, 3.05) is 36.9 Å². The van der Waals surface area contributed by atoms with Crippen molar-refractivity contribution in [2.24, 2.45) is 7.05 Å². The smallest absolute Gasteiger partial charge is 0.243 e. The number of ether oxygens (including phenoxy) is 1. The van der Waals surface area contributed by atoms with Crippen molar-refractivity contribution in [3.05, 3.63) is 48.4 Å². The van der Waals surface area contributed by atoms with Crippen LogP contribution in [0.5, 0.6) is 0 Å². The molecule has 2 aromatic heterocycles. The lowest BCUT2D eigenvalue weighted by molar-refractivity contribution is 0.195. The molecule has 4 heterocycles. The van der Waals surface area contributed by atoms with Gasteiger partial charge in [-0.15, -0.1) is 0 Å². The van der Waals surface area contributed by atoms with Crippen LogP contribution in [0.2, 0.25) is 0 Å². The van der Waals surface area contributed by atoms with Crippen LogP contribution in [-0.2, 0) is 21.8 Å². The Morgan fingerprint density at radius 2 is 1.83 bits per heavy atom. The maximum absolute atomic E-state index is 13.2. The highest BCUT2D eigenvalue weighted by molar-refractivity contribution is 7.89. The maximum atomic E-state index is 13.2. The predicted octanol–water partition coefficient (Wildman–Crippen LogP) is 2.21. The molecular weight excluding hydrogens is 480 g/mol. The second-order valence-corrected chi connectivity index (χ2v) is 11.0. The second-order valence-electron chi connectivity index (χ2n) is 9.02. The number of sulfonamides is 1. The molecule has 188 valence electrons. The molecule has 0 saturated carbocycles. The fourth-order valence-electron chi connectivity index (χ4n) is 4.45. The van der Waals surface area contributed by atoms with Crippen LogP contribution >= 0.6 is 0 Å². The lowest BCUT2D eigenvalue weighted by Crippen LogP contribution is -2.42. The zero-order chi connectivity index (χ0) is 25.1. The summed E-state index contributed by atoms with van der Waals surface area (Å²) in [7, 11) is -1.74. The number of nitrogens with zero attached hydrogens (tertiary/aromatic N) is 6. The van der Waals surface area contributed by atoms with Crippen molar-refractivity contribution >= 4 is 21.8 Å². The third kappa shape index (κ3) is 5.18. The quantitative estimate of drug-likeness (QED) is 0.492. The normalized spacial score (nSPS) is 19.2. The molecule has 0 unspecified atom stereocenters. The van der Waals surface area contributed by atoms with Gasteiger partial charge in [0.1, 0.15) is 17.5 Å². The van der Waals surface area contributed by atoms with Gasteiger partial charge >= 0.3 is 0 Å². The minimum atomic E-state index is -3.59. The molecule has 0 bridgehead atoms. The molecule has 2 fully saturated rings. The van der Waals surface area contributed by atoms with E-state index in [1.165, 1.54) is 10.5 Å². The Morgan fingerprint density at radius 3 is 2.47 bits per heavy atom. The standard InChI is InChI=1S/C24H28N8O3S/c1-31-15-19(14-27-31)17-2-4-22(5-3-17)36(33,34)32-9-6-20(7-10-32)29-24-26-13-18(12-25)23(30-24)28-21-8-11-35-16-21/h2-5,13-15,20-21H,6-11,16H2,1H3,(H2,26,28,29,30)/t21-/m1/s1. The minimum Gasteiger partial charge on any atom is -0.379 e. The summed E-state index contributed by atoms with van der Waals surface area (Å²) in [4.78, 5) is 9.06. The molecule has 11 nitrogen and oxygen atoms in total. The van der Waals surface area contributed by atoms with Crippen molar-refractivity contribution < 1.29 is 13.2 Å². The van der Waals surface area contributed by atoms with Gasteiger partial charge in [-0.2, -0.15) is 19.6 Å². The molecule has 0 amide bonds. The molecule has 3 aromatic rings.